The fourth-order valence-corrected chi connectivity index (χ4v) is 4.32. The van der Waals surface area contributed by atoms with Gasteiger partial charge in [-0.3, -0.25) is 4.31 Å². The highest BCUT2D eigenvalue weighted by Crippen LogP contribution is 2.31. The molecule has 0 aliphatic heterocycles. The minimum Gasteiger partial charge on any atom is -0.259 e. The maximum atomic E-state index is 13.3. The molecule has 0 aliphatic rings. The van der Waals surface area contributed by atoms with E-state index < -0.39 is 10.0 Å². The van der Waals surface area contributed by atoms with Crippen LogP contribution in [0, 0.1) is 6.92 Å². The van der Waals surface area contributed by atoms with Gasteiger partial charge in [-0.15, -0.1) is 6.58 Å². The lowest BCUT2D eigenvalue weighted by Crippen LogP contribution is -2.39. The highest BCUT2D eigenvalue weighted by atomic mass is 32.2. The van der Waals surface area contributed by atoms with Crippen LogP contribution in [0.25, 0.3) is 6.08 Å². The molecule has 0 bridgehead atoms. The predicted molar refractivity (Wildman–Crippen MR) is 102 cm³/mol. The second-order valence-electron chi connectivity index (χ2n) is 5.59. The monoisotopic (exact) mass is 341 g/mol. The molecule has 0 aromatic heterocycles. The summed E-state index contributed by atoms with van der Waals surface area (Å²) >= 11 is 0. The average molecular weight is 341 g/mol. The van der Waals surface area contributed by atoms with Crippen molar-refractivity contribution in [2.45, 2.75) is 31.2 Å². The summed E-state index contributed by atoms with van der Waals surface area (Å²) in [7, 11) is -3.71. The number of para-hydroxylation sites is 1. The molecule has 0 spiro atoms. The lowest BCUT2D eigenvalue weighted by molar-refractivity contribution is 0.583. The van der Waals surface area contributed by atoms with Gasteiger partial charge in [-0.2, -0.15) is 0 Å². The maximum Gasteiger partial charge on any atom is 0.264 e. The van der Waals surface area contributed by atoms with E-state index in [2.05, 4.69) is 13.2 Å². The van der Waals surface area contributed by atoms with Gasteiger partial charge in [0.2, 0.25) is 0 Å². The molecule has 24 heavy (non-hydrogen) atoms. The van der Waals surface area contributed by atoms with Gasteiger partial charge in [-0.05, 0) is 37.1 Å². The SMILES string of the molecule is C=Cc1ccccc1N(C(C=C)CC)S(=O)(=O)c1ccc(C)cc1. The molecule has 0 saturated carbocycles. The van der Waals surface area contributed by atoms with E-state index in [-0.39, 0.29) is 10.9 Å². The Morgan fingerprint density at radius 3 is 2.25 bits per heavy atom. The topological polar surface area (TPSA) is 37.4 Å². The van der Waals surface area contributed by atoms with Crippen molar-refractivity contribution in [3.05, 3.63) is 78.9 Å². The molecule has 0 radical (unpaired) electrons. The van der Waals surface area contributed by atoms with Crippen LogP contribution in [0.15, 0.2) is 72.7 Å². The van der Waals surface area contributed by atoms with Gasteiger partial charge >= 0.3 is 0 Å². The molecule has 0 amide bonds. The van der Waals surface area contributed by atoms with Gasteiger partial charge in [-0.25, -0.2) is 8.42 Å². The van der Waals surface area contributed by atoms with Crippen LogP contribution in [0.5, 0.6) is 0 Å². The Hall–Kier alpha value is -2.33. The number of hydrogen-bond acceptors (Lipinski definition) is 2. The minimum atomic E-state index is -3.71. The Balaban J connectivity index is 2.68. The normalized spacial score (nSPS) is 12.4. The smallest absolute Gasteiger partial charge is 0.259 e. The molecular formula is C20H23NO2S. The van der Waals surface area contributed by atoms with Gasteiger partial charge in [-0.1, -0.05) is 61.5 Å². The van der Waals surface area contributed by atoms with Crippen molar-refractivity contribution in [2.75, 3.05) is 4.31 Å². The summed E-state index contributed by atoms with van der Waals surface area (Å²) in [5.41, 5.74) is 2.40. The summed E-state index contributed by atoms with van der Waals surface area (Å²) in [5.74, 6) is 0. The van der Waals surface area contributed by atoms with E-state index in [1.807, 2.05) is 32.0 Å². The van der Waals surface area contributed by atoms with E-state index in [1.165, 1.54) is 4.31 Å². The molecule has 0 heterocycles. The first kappa shape index (κ1) is 18.0. The van der Waals surface area contributed by atoms with Crippen LogP contribution in [0.3, 0.4) is 0 Å². The zero-order valence-electron chi connectivity index (χ0n) is 14.1. The van der Waals surface area contributed by atoms with Crippen molar-refractivity contribution in [3.63, 3.8) is 0 Å². The van der Waals surface area contributed by atoms with Gasteiger partial charge < -0.3 is 0 Å². The molecule has 2 aromatic rings. The standard InChI is InChI=1S/C20H23NO2S/c1-5-17-10-8-9-11-20(17)21(18(6-2)7-3)24(22,23)19-14-12-16(4)13-15-19/h5-6,8-15,18H,1-2,7H2,3-4H3. The first-order valence-corrected chi connectivity index (χ1v) is 9.34. The Morgan fingerprint density at radius 2 is 1.71 bits per heavy atom. The van der Waals surface area contributed by atoms with Crippen molar-refractivity contribution in [1.29, 1.82) is 0 Å². The van der Waals surface area contributed by atoms with Gasteiger partial charge in [0.25, 0.3) is 10.0 Å². The van der Waals surface area contributed by atoms with Gasteiger partial charge in [0.15, 0.2) is 0 Å². The van der Waals surface area contributed by atoms with Gasteiger partial charge in [0.1, 0.15) is 0 Å². The zero-order valence-corrected chi connectivity index (χ0v) is 15.0. The summed E-state index contributed by atoms with van der Waals surface area (Å²) in [6.45, 7) is 11.5. The van der Waals surface area contributed by atoms with E-state index >= 15 is 0 Å². The van der Waals surface area contributed by atoms with Crippen LogP contribution >= 0.6 is 0 Å². The van der Waals surface area contributed by atoms with Crippen LogP contribution in [0.1, 0.15) is 24.5 Å². The Labute approximate surface area is 145 Å². The highest BCUT2D eigenvalue weighted by molar-refractivity contribution is 7.92. The van der Waals surface area contributed by atoms with Crippen molar-refractivity contribution in [3.8, 4) is 0 Å². The fourth-order valence-electron chi connectivity index (χ4n) is 2.60. The van der Waals surface area contributed by atoms with Crippen molar-refractivity contribution in [1.82, 2.24) is 0 Å². The molecule has 1 unspecified atom stereocenters. The average Bonchev–Trinajstić information content (AvgIpc) is 2.59. The Kier molecular flexibility index (Phi) is 5.62. The van der Waals surface area contributed by atoms with E-state index in [9.17, 15) is 8.42 Å². The summed E-state index contributed by atoms with van der Waals surface area (Å²) in [4.78, 5) is 0.271. The fraction of sp³-hybridized carbons (Fsp3) is 0.200. The number of hydrogen-bond donors (Lipinski definition) is 0. The quantitative estimate of drug-likeness (QED) is 0.679. The number of nitrogens with zero attached hydrogens (tertiary/aromatic N) is 1. The van der Waals surface area contributed by atoms with Crippen molar-refractivity contribution in [2.24, 2.45) is 0 Å². The number of aryl methyl sites for hydroxylation is 1. The summed E-state index contributed by atoms with van der Waals surface area (Å²) in [5, 5.41) is 0. The third kappa shape index (κ3) is 3.44. The maximum absolute atomic E-state index is 13.3. The molecule has 0 saturated heterocycles. The van der Waals surface area contributed by atoms with Gasteiger partial charge in [0.05, 0.1) is 16.6 Å². The number of anilines is 1. The Bertz CT molecular complexity index is 823. The van der Waals surface area contributed by atoms with Crippen LogP contribution in [0.4, 0.5) is 5.69 Å². The number of sulfonamides is 1. The van der Waals surface area contributed by atoms with Crippen LogP contribution < -0.4 is 4.31 Å². The van der Waals surface area contributed by atoms with Crippen LogP contribution in [0.2, 0.25) is 0 Å². The molecule has 1 atom stereocenters. The predicted octanol–water partition coefficient (Wildman–Crippen LogP) is 4.80. The number of benzene rings is 2. The second kappa shape index (κ2) is 7.49. The third-order valence-electron chi connectivity index (χ3n) is 3.96. The first-order valence-electron chi connectivity index (χ1n) is 7.90. The largest absolute Gasteiger partial charge is 0.264 e. The zero-order chi connectivity index (χ0) is 17.7. The molecule has 2 aromatic carbocycles. The van der Waals surface area contributed by atoms with E-state index in [1.54, 1.807) is 42.5 Å². The molecule has 126 valence electrons. The Morgan fingerprint density at radius 1 is 1.08 bits per heavy atom. The molecule has 0 N–H and O–H groups in total. The van der Waals surface area contributed by atoms with Crippen molar-refractivity contribution < 1.29 is 8.42 Å². The number of rotatable bonds is 7. The summed E-state index contributed by atoms with van der Waals surface area (Å²) < 4.78 is 28.1. The lowest BCUT2D eigenvalue weighted by Gasteiger charge is -2.31. The lowest BCUT2D eigenvalue weighted by atomic mass is 10.1. The van der Waals surface area contributed by atoms with Crippen molar-refractivity contribution >= 4 is 21.8 Å². The van der Waals surface area contributed by atoms with Crippen LogP contribution in [-0.4, -0.2) is 14.5 Å². The van der Waals surface area contributed by atoms with E-state index in [4.69, 9.17) is 0 Å². The minimum absolute atomic E-state index is 0.271. The second-order valence-corrected chi connectivity index (χ2v) is 7.40. The van der Waals surface area contributed by atoms with Gasteiger partial charge in [0, 0.05) is 0 Å². The molecule has 0 aliphatic carbocycles. The molecule has 4 heteroatoms. The van der Waals surface area contributed by atoms with Crippen LogP contribution in [-0.2, 0) is 10.0 Å². The molecular weight excluding hydrogens is 318 g/mol. The molecule has 2 rings (SSSR count). The third-order valence-corrected chi connectivity index (χ3v) is 5.82. The van der Waals surface area contributed by atoms with E-state index in [0.717, 1.165) is 11.1 Å². The first-order chi connectivity index (χ1) is 11.5. The highest BCUT2D eigenvalue weighted by Gasteiger charge is 2.30. The molecule has 0 fully saturated rings. The summed E-state index contributed by atoms with van der Waals surface area (Å²) in [6.07, 6.45) is 3.97. The summed E-state index contributed by atoms with van der Waals surface area (Å²) in [6, 6.07) is 13.9. The van der Waals surface area contributed by atoms with E-state index in [0.29, 0.717) is 12.1 Å². The molecule has 3 nitrogen and oxygen atoms in total.